The van der Waals surface area contributed by atoms with Gasteiger partial charge in [-0.2, -0.15) is 13.2 Å². The number of halogens is 3. The van der Waals surface area contributed by atoms with E-state index in [4.69, 9.17) is 0 Å². The Kier molecular flexibility index (Phi) is 3.27. The van der Waals surface area contributed by atoms with Gasteiger partial charge in [0.1, 0.15) is 0 Å². The van der Waals surface area contributed by atoms with Crippen LogP contribution in [0.25, 0.3) is 0 Å². The van der Waals surface area contributed by atoms with E-state index in [1.807, 2.05) is 0 Å². The maximum absolute atomic E-state index is 12.7. The number of alkyl halides is 3. The lowest BCUT2D eigenvalue weighted by molar-refractivity contribution is -0.137. The van der Waals surface area contributed by atoms with E-state index >= 15 is 0 Å². The second-order valence-electron chi connectivity index (χ2n) is 4.29. The minimum Gasteiger partial charge on any atom is -0.381 e. The normalized spacial score (nSPS) is 22.9. The highest BCUT2D eigenvalue weighted by Crippen LogP contribution is 2.35. The van der Waals surface area contributed by atoms with Crippen LogP contribution in [0.4, 0.5) is 18.9 Å². The number of nitrogens with one attached hydrogen (secondary N) is 1. The van der Waals surface area contributed by atoms with Crippen LogP contribution in [0.3, 0.4) is 0 Å². The van der Waals surface area contributed by atoms with Gasteiger partial charge in [-0.1, -0.05) is 12.1 Å². The summed E-state index contributed by atoms with van der Waals surface area (Å²) in [5.41, 5.74) is -0.832. The number of anilines is 1. The first-order valence-corrected chi connectivity index (χ1v) is 7.23. The van der Waals surface area contributed by atoms with E-state index in [0.717, 1.165) is 6.07 Å². The van der Waals surface area contributed by atoms with Crippen molar-refractivity contribution in [1.29, 1.82) is 0 Å². The summed E-state index contributed by atoms with van der Waals surface area (Å²) >= 11 is 0. The molecule has 1 fully saturated rings. The van der Waals surface area contributed by atoms with Gasteiger partial charge in [-0.05, 0) is 18.6 Å². The molecule has 0 radical (unpaired) electrons. The van der Waals surface area contributed by atoms with E-state index < -0.39 is 27.6 Å². The summed E-state index contributed by atoms with van der Waals surface area (Å²) in [6.45, 7) is 0. The molecule has 0 saturated carbocycles. The monoisotopic (exact) mass is 279 g/mol. The third kappa shape index (κ3) is 2.95. The zero-order valence-corrected chi connectivity index (χ0v) is 10.2. The van der Waals surface area contributed by atoms with Crippen LogP contribution in [0.2, 0.25) is 0 Å². The molecule has 1 N–H and O–H groups in total. The van der Waals surface area contributed by atoms with E-state index in [1.165, 1.54) is 18.2 Å². The predicted molar refractivity (Wildman–Crippen MR) is 62.1 cm³/mol. The average molecular weight is 279 g/mol. The predicted octanol–water partition coefficient (Wildman–Crippen LogP) is 2.30. The van der Waals surface area contributed by atoms with Crippen LogP contribution in [-0.4, -0.2) is 26.0 Å². The van der Waals surface area contributed by atoms with Crippen molar-refractivity contribution in [2.75, 3.05) is 16.8 Å². The molecule has 1 aromatic rings. The largest absolute Gasteiger partial charge is 0.418 e. The summed E-state index contributed by atoms with van der Waals surface area (Å²) in [5, 5.41) is 2.67. The third-order valence-corrected chi connectivity index (χ3v) is 4.59. The van der Waals surface area contributed by atoms with Crippen LogP contribution in [0, 0.1) is 0 Å². The highest BCUT2D eigenvalue weighted by molar-refractivity contribution is 7.91. The van der Waals surface area contributed by atoms with Crippen molar-refractivity contribution in [3.63, 3.8) is 0 Å². The summed E-state index contributed by atoms with van der Waals surface area (Å²) in [7, 11) is -3.11. The summed E-state index contributed by atoms with van der Waals surface area (Å²) in [4.78, 5) is 0. The zero-order valence-electron chi connectivity index (χ0n) is 9.37. The van der Waals surface area contributed by atoms with E-state index in [1.54, 1.807) is 0 Å². The van der Waals surface area contributed by atoms with Crippen molar-refractivity contribution in [2.45, 2.75) is 18.6 Å². The SMILES string of the molecule is O=S1(=O)CCC(Nc2ccccc2C(F)(F)F)C1. The molecule has 7 heteroatoms. The Hall–Kier alpha value is -1.24. The maximum atomic E-state index is 12.7. The first kappa shape index (κ1) is 13.2. The minimum absolute atomic E-state index is 0.0266. The molecular formula is C11H12F3NO2S. The number of para-hydroxylation sites is 1. The van der Waals surface area contributed by atoms with E-state index in [9.17, 15) is 21.6 Å². The van der Waals surface area contributed by atoms with Gasteiger partial charge >= 0.3 is 6.18 Å². The van der Waals surface area contributed by atoms with Gasteiger partial charge in [0.2, 0.25) is 0 Å². The highest BCUT2D eigenvalue weighted by atomic mass is 32.2. The van der Waals surface area contributed by atoms with E-state index in [2.05, 4.69) is 5.32 Å². The standard InChI is InChI=1S/C11H12F3NO2S/c12-11(13,14)9-3-1-2-4-10(9)15-8-5-6-18(16,17)7-8/h1-4,8,15H,5-7H2. The molecule has 1 aromatic carbocycles. The molecule has 0 aliphatic carbocycles. The second-order valence-corrected chi connectivity index (χ2v) is 6.52. The molecule has 3 nitrogen and oxygen atoms in total. The summed E-state index contributed by atoms with van der Waals surface area (Å²) in [6, 6.07) is 4.64. The van der Waals surface area contributed by atoms with Crippen molar-refractivity contribution < 1.29 is 21.6 Å². The molecule has 1 unspecified atom stereocenters. The van der Waals surface area contributed by atoms with Crippen molar-refractivity contribution in [2.24, 2.45) is 0 Å². The van der Waals surface area contributed by atoms with Crippen molar-refractivity contribution in [3.8, 4) is 0 Å². The topological polar surface area (TPSA) is 46.2 Å². The number of rotatable bonds is 2. The van der Waals surface area contributed by atoms with Crippen LogP contribution in [-0.2, 0) is 16.0 Å². The number of hydrogen-bond donors (Lipinski definition) is 1. The lowest BCUT2D eigenvalue weighted by atomic mass is 10.1. The third-order valence-electron chi connectivity index (χ3n) is 2.82. The summed E-state index contributed by atoms with van der Waals surface area (Å²) in [6.07, 6.45) is -4.10. The zero-order chi connectivity index (χ0) is 13.4. The molecule has 2 rings (SSSR count). The van der Waals surface area contributed by atoms with Crippen LogP contribution in [0.5, 0.6) is 0 Å². The second kappa shape index (κ2) is 4.46. The highest BCUT2D eigenvalue weighted by Gasteiger charge is 2.35. The Bertz CT molecular complexity index is 539. The molecule has 100 valence electrons. The minimum atomic E-state index is -4.44. The average Bonchev–Trinajstić information content (AvgIpc) is 2.57. The Morgan fingerprint density at radius 3 is 2.44 bits per heavy atom. The first-order valence-electron chi connectivity index (χ1n) is 5.41. The van der Waals surface area contributed by atoms with Gasteiger partial charge in [-0.15, -0.1) is 0 Å². The Morgan fingerprint density at radius 1 is 1.22 bits per heavy atom. The fourth-order valence-corrected chi connectivity index (χ4v) is 3.66. The van der Waals surface area contributed by atoms with E-state index in [0.29, 0.717) is 6.42 Å². The Morgan fingerprint density at radius 2 is 1.89 bits per heavy atom. The van der Waals surface area contributed by atoms with Crippen molar-refractivity contribution in [3.05, 3.63) is 29.8 Å². The quantitative estimate of drug-likeness (QED) is 0.903. The van der Waals surface area contributed by atoms with Crippen molar-refractivity contribution in [1.82, 2.24) is 0 Å². The molecule has 0 bridgehead atoms. The molecule has 1 atom stereocenters. The molecule has 0 aromatic heterocycles. The van der Waals surface area contributed by atoms with Crippen molar-refractivity contribution >= 4 is 15.5 Å². The van der Waals surface area contributed by atoms with E-state index in [-0.39, 0.29) is 17.2 Å². The fourth-order valence-electron chi connectivity index (χ4n) is 1.98. The first-order chi connectivity index (χ1) is 8.28. The molecular weight excluding hydrogens is 267 g/mol. The van der Waals surface area contributed by atoms with Crippen LogP contribution >= 0.6 is 0 Å². The molecule has 1 aliphatic heterocycles. The molecule has 18 heavy (non-hydrogen) atoms. The molecule has 0 amide bonds. The van der Waals surface area contributed by atoms with Gasteiger partial charge in [-0.3, -0.25) is 0 Å². The molecule has 1 heterocycles. The molecule has 0 spiro atoms. The van der Waals surface area contributed by atoms with Gasteiger partial charge in [0.05, 0.1) is 17.1 Å². The Balaban J connectivity index is 2.20. The van der Waals surface area contributed by atoms with Crippen LogP contribution in [0.1, 0.15) is 12.0 Å². The lowest BCUT2D eigenvalue weighted by Gasteiger charge is -2.17. The van der Waals surface area contributed by atoms with Gasteiger partial charge in [-0.25, -0.2) is 8.42 Å². The number of hydrogen-bond acceptors (Lipinski definition) is 3. The Labute approximate surface area is 103 Å². The van der Waals surface area contributed by atoms with Gasteiger partial charge in [0, 0.05) is 11.7 Å². The summed E-state index contributed by atoms with van der Waals surface area (Å²) in [5.74, 6) is -0.0853. The van der Waals surface area contributed by atoms with Gasteiger partial charge in [0.25, 0.3) is 0 Å². The molecule has 1 aliphatic rings. The van der Waals surface area contributed by atoms with Gasteiger partial charge < -0.3 is 5.32 Å². The van der Waals surface area contributed by atoms with Gasteiger partial charge in [0.15, 0.2) is 9.84 Å². The smallest absolute Gasteiger partial charge is 0.381 e. The number of sulfone groups is 1. The molecule has 1 saturated heterocycles. The summed E-state index contributed by atoms with van der Waals surface area (Å²) < 4.78 is 60.6. The van der Waals surface area contributed by atoms with Crippen LogP contribution in [0.15, 0.2) is 24.3 Å². The number of benzene rings is 1. The fraction of sp³-hybridized carbons (Fsp3) is 0.455. The lowest BCUT2D eigenvalue weighted by Crippen LogP contribution is -2.22. The van der Waals surface area contributed by atoms with Crippen LogP contribution < -0.4 is 5.32 Å². The maximum Gasteiger partial charge on any atom is 0.418 e.